The minimum absolute atomic E-state index is 0.0188. The Balaban J connectivity index is 1.78. The highest BCUT2D eigenvalue weighted by Crippen LogP contribution is 2.18. The lowest BCUT2D eigenvalue weighted by atomic mass is 10.1. The fourth-order valence-corrected chi connectivity index (χ4v) is 3.34. The van der Waals surface area contributed by atoms with Gasteiger partial charge in [0.2, 0.25) is 5.95 Å². The SMILES string of the molecule is CCN1CCN(C(=O)c2cc(C)nc(Nc3cc(C)cc(C)c3)n2)CC1. The van der Waals surface area contributed by atoms with Crippen molar-refractivity contribution in [3.05, 3.63) is 46.8 Å². The standard InChI is InChI=1S/C20H27N5O/c1-5-24-6-8-25(9-7-24)19(26)18-13-16(4)21-20(23-18)22-17-11-14(2)10-15(3)12-17/h10-13H,5-9H2,1-4H3,(H,21,22,23). The molecule has 2 heterocycles. The second kappa shape index (κ2) is 7.83. The molecule has 1 saturated heterocycles. The number of carbonyl (C=O) groups is 1. The Morgan fingerprint density at radius 2 is 1.65 bits per heavy atom. The largest absolute Gasteiger partial charge is 0.335 e. The van der Waals surface area contributed by atoms with Crippen LogP contribution in [0.25, 0.3) is 0 Å². The van der Waals surface area contributed by atoms with Crippen LogP contribution in [0.2, 0.25) is 0 Å². The number of likely N-dealkylation sites (N-methyl/N-ethyl adjacent to an activating group) is 1. The van der Waals surface area contributed by atoms with Gasteiger partial charge < -0.3 is 15.1 Å². The van der Waals surface area contributed by atoms with Crippen LogP contribution >= 0.6 is 0 Å². The van der Waals surface area contributed by atoms with E-state index in [1.807, 2.05) is 24.0 Å². The highest BCUT2D eigenvalue weighted by Gasteiger charge is 2.23. The highest BCUT2D eigenvalue weighted by atomic mass is 16.2. The van der Waals surface area contributed by atoms with Crippen LogP contribution in [0.4, 0.5) is 11.6 Å². The van der Waals surface area contributed by atoms with Crippen LogP contribution in [-0.4, -0.2) is 58.4 Å². The van der Waals surface area contributed by atoms with Crippen LogP contribution in [-0.2, 0) is 0 Å². The van der Waals surface area contributed by atoms with E-state index < -0.39 is 0 Å². The smallest absolute Gasteiger partial charge is 0.272 e. The summed E-state index contributed by atoms with van der Waals surface area (Å²) in [5, 5.41) is 3.24. The van der Waals surface area contributed by atoms with Crippen LogP contribution in [0.5, 0.6) is 0 Å². The number of piperazine rings is 1. The van der Waals surface area contributed by atoms with E-state index in [1.165, 1.54) is 11.1 Å². The quantitative estimate of drug-likeness (QED) is 0.916. The van der Waals surface area contributed by atoms with Crippen molar-refractivity contribution in [1.29, 1.82) is 0 Å². The fraction of sp³-hybridized carbons (Fsp3) is 0.450. The molecule has 0 bridgehead atoms. The molecule has 1 amide bonds. The Kier molecular flexibility index (Phi) is 5.52. The molecule has 1 N–H and O–H groups in total. The zero-order valence-electron chi connectivity index (χ0n) is 16.0. The summed E-state index contributed by atoms with van der Waals surface area (Å²) in [4.78, 5) is 26.0. The summed E-state index contributed by atoms with van der Waals surface area (Å²) in [5.74, 6) is 0.445. The number of benzene rings is 1. The second-order valence-corrected chi connectivity index (χ2v) is 6.95. The van der Waals surface area contributed by atoms with Gasteiger partial charge in [-0.2, -0.15) is 0 Å². The lowest BCUT2D eigenvalue weighted by molar-refractivity contribution is 0.0637. The average Bonchev–Trinajstić information content (AvgIpc) is 2.60. The molecule has 0 aliphatic carbocycles. The predicted octanol–water partition coefficient (Wildman–Crippen LogP) is 2.92. The summed E-state index contributed by atoms with van der Waals surface area (Å²) in [5.41, 5.74) is 4.51. The number of anilines is 2. The molecule has 1 fully saturated rings. The number of amides is 1. The number of aryl methyl sites for hydroxylation is 3. The van der Waals surface area contributed by atoms with Crippen LogP contribution in [0.15, 0.2) is 24.3 Å². The molecule has 0 unspecified atom stereocenters. The van der Waals surface area contributed by atoms with Gasteiger partial charge in [0.05, 0.1) is 0 Å². The average molecular weight is 353 g/mol. The van der Waals surface area contributed by atoms with Crippen molar-refractivity contribution >= 4 is 17.5 Å². The monoisotopic (exact) mass is 353 g/mol. The van der Waals surface area contributed by atoms with Gasteiger partial charge in [-0.15, -0.1) is 0 Å². The number of nitrogens with zero attached hydrogens (tertiary/aromatic N) is 4. The third kappa shape index (κ3) is 4.38. The molecule has 2 aromatic rings. The van der Waals surface area contributed by atoms with Gasteiger partial charge in [0.1, 0.15) is 5.69 Å². The molecule has 1 aliphatic heterocycles. The van der Waals surface area contributed by atoms with Gasteiger partial charge >= 0.3 is 0 Å². The Morgan fingerprint density at radius 3 is 2.27 bits per heavy atom. The first-order chi connectivity index (χ1) is 12.4. The number of carbonyl (C=O) groups excluding carboxylic acids is 1. The molecular formula is C20H27N5O. The maximum Gasteiger partial charge on any atom is 0.272 e. The summed E-state index contributed by atoms with van der Waals surface area (Å²) in [6.45, 7) is 12.5. The topological polar surface area (TPSA) is 61.4 Å². The molecule has 6 nitrogen and oxygen atoms in total. The van der Waals surface area contributed by atoms with Crippen LogP contribution < -0.4 is 5.32 Å². The number of nitrogens with one attached hydrogen (secondary N) is 1. The first kappa shape index (κ1) is 18.3. The zero-order valence-corrected chi connectivity index (χ0v) is 16.0. The Hall–Kier alpha value is -2.47. The van der Waals surface area contributed by atoms with E-state index in [1.54, 1.807) is 6.07 Å². The van der Waals surface area contributed by atoms with Gasteiger partial charge in [-0.05, 0) is 56.6 Å². The summed E-state index contributed by atoms with van der Waals surface area (Å²) < 4.78 is 0. The number of aromatic nitrogens is 2. The van der Waals surface area contributed by atoms with Crippen molar-refractivity contribution in [3.8, 4) is 0 Å². The van der Waals surface area contributed by atoms with Crippen molar-refractivity contribution in [3.63, 3.8) is 0 Å². The van der Waals surface area contributed by atoms with E-state index in [-0.39, 0.29) is 5.91 Å². The van der Waals surface area contributed by atoms with E-state index in [0.29, 0.717) is 11.6 Å². The van der Waals surface area contributed by atoms with Crippen molar-refractivity contribution in [2.45, 2.75) is 27.7 Å². The fourth-order valence-electron chi connectivity index (χ4n) is 3.34. The van der Waals surface area contributed by atoms with Crippen LogP contribution in [0.1, 0.15) is 34.2 Å². The molecule has 1 aromatic heterocycles. The minimum Gasteiger partial charge on any atom is -0.335 e. The summed E-state index contributed by atoms with van der Waals surface area (Å²) in [7, 11) is 0. The summed E-state index contributed by atoms with van der Waals surface area (Å²) in [6.07, 6.45) is 0. The molecule has 26 heavy (non-hydrogen) atoms. The lowest BCUT2D eigenvalue weighted by Crippen LogP contribution is -2.48. The minimum atomic E-state index is -0.0188. The molecule has 0 saturated carbocycles. The van der Waals surface area contributed by atoms with Crippen LogP contribution in [0, 0.1) is 20.8 Å². The Labute approximate surface area is 155 Å². The van der Waals surface area contributed by atoms with E-state index in [4.69, 9.17) is 0 Å². The maximum atomic E-state index is 12.8. The zero-order chi connectivity index (χ0) is 18.7. The summed E-state index contributed by atoms with van der Waals surface area (Å²) in [6, 6.07) is 7.97. The van der Waals surface area contributed by atoms with E-state index in [0.717, 1.165) is 44.1 Å². The molecule has 0 radical (unpaired) electrons. The molecule has 6 heteroatoms. The van der Waals surface area contributed by atoms with Gasteiger partial charge in [-0.1, -0.05) is 13.0 Å². The molecular weight excluding hydrogens is 326 g/mol. The van der Waals surface area contributed by atoms with Crippen molar-refractivity contribution < 1.29 is 4.79 Å². The van der Waals surface area contributed by atoms with Crippen molar-refractivity contribution in [2.24, 2.45) is 0 Å². The van der Waals surface area contributed by atoms with Crippen molar-refractivity contribution in [1.82, 2.24) is 19.8 Å². The third-order valence-electron chi connectivity index (χ3n) is 4.66. The van der Waals surface area contributed by atoms with E-state index >= 15 is 0 Å². The van der Waals surface area contributed by atoms with Crippen molar-refractivity contribution in [2.75, 3.05) is 38.0 Å². The first-order valence-corrected chi connectivity index (χ1v) is 9.17. The third-order valence-corrected chi connectivity index (χ3v) is 4.66. The van der Waals surface area contributed by atoms with Gasteiger partial charge in [0.25, 0.3) is 5.91 Å². The lowest BCUT2D eigenvalue weighted by Gasteiger charge is -2.33. The number of hydrogen-bond donors (Lipinski definition) is 1. The molecule has 138 valence electrons. The number of hydrogen-bond acceptors (Lipinski definition) is 5. The summed E-state index contributed by atoms with van der Waals surface area (Å²) >= 11 is 0. The van der Waals surface area contributed by atoms with E-state index in [9.17, 15) is 4.79 Å². The highest BCUT2D eigenvalue weighted by molar-refractivity contribution is 5.92. The second-order valence-electron chi connectivity index (χ2n) is 6.95. The number of rotatable bonds is 4. The molecule has 0 atom stereocenters. The maximum absolute atomic E-state index is 12.8. The Bertz CT molecular complexity index is 777. The predicted molar refractivity (Wildman–Crippen MR) is 104 cm³/mol. The first-order valence-electron chi connectivity index (χ1n) is 9.17. The molecule has 1 aliphatic rings. The Morgan fingerprint density at radius 1 is 1.00 bits per heavy atom. The molecule has 0 spiro atoms. The normalized spacial score (nSPS) is 15.2. The van der Waals surface area contributed by atoms with Gasteiger partial charge in [0, 0.05) is 37.6 Å². The molecule has 1 aromatic carbocycles. The van der Waals surface area contributed by atoms with Gasteiger partial charge in [-0.3, -0.25) is 4.79 Å². The molecule has 3 rings (SSSR count). The van der Waals surface area contributed by atoms with Gasteiger partial charge in [-0.25, -0.2) is 9.97 Å². The van der Waals surface area contributed by atoms with Crippen LogP contribution in [0.3, 0.4) is 0 Å². The van der Waals surface area contributed by atoms with E-state index in [2.05, 4.69) is 47.0 Å². The van der Waals surface area contributed by atoms with Gasteiger partial charge in [0.15, 0.2) is 0 Å².